The number of rotatable bonds is 5. The van der Waals surface area contributed by atoms with Crippen molar-refractivity contribution < 1.29 is 4.79 Å². The second-order valence-corrected chi connectivity index (χ2v) is 6.74. The number of aryl methyl sites for hydroxylation is 1. The third-order valence-electron chi connectivity index (χ3n) is 5.15. The first-order chi connectivity index (χ1) is 14.6. The van der Waals surface area contributed by atoms with Crippen molar-refractivity contribution in [3.8, 4) is 11.1 Å². The van der Waals surface area contributed by atoms with E-state index in [1.807, 2.05) is 60.4 Å². The summed E-state index contributed by atoms with van der Waals surface area (Å²) in [5, 5.41) is 5.45. The minimum absolute atomic E-state index is 0.152. The lowest BCUT2D eigenvalue weighted by molar-refractivity contribution is -0.118. The first-order valence-electron chi connectivity index (χ1n) is 10.8. The number of aromatic nitrogens is 3. The van der Waals surface area contributed by atoms with Crippen LogP contribution in [-0.4, -0.2) is 33.4 Å². The molecule has 1 aromatic carbocycles. The van der Waals surface area contributed by atoms with E-state index < -0.39 is 0 Å². The zero-order valence-corrected chi connectivity index (χ0v) is 19.2. The van der Waals surface area contributed by atoms with Gasteiger partial charge in [0, 0.05) is 47.5 Å². The molecule has 0 aliphatic rings. The maximum atomic E-state index is 11.8. The van der Waals surface area contributed by atoms with Crippen LogP contribution in [0.25, 0.3) is 32.9 Å². The quantitative estimate of drug-likeness (QED) is 0.460. The molecule has 0 saturated heterocycles. The summed E-state index contributed by atoms with van der Waals surface area (Å²) in [5.74, 6) is 0.152. The van der Waals surface area contributed by atoms with Crippen LogP contribution in [0.2, 0.25) is 0 Å². The van der Waals surface area contributed by atoms with E-state index in [0.717, 1.165) is 27.5 Å². The van der Waals surface area contributed by atoms with Crippen LogP contribution in [0, 0.1) is 0 Å². The van der Waals surface area contributed by atoms with E-state index in [1.165, 1.54) is 10.9 Å². The summed E-state index contributed by atoms with van der Waals surface area (Å²) in [5.41, 5.74) is 5.71. The second-order valence-electron chi connectivity index (χ2n) is 6.74. The van der Waals surface area contributed by atoms with E-state index in [0.29, 0.717) is 6.42 Å². The van der Waals surface area contributed by atoms with Crippen molar-refractivity contribution in [3.05, 3.63) is 54.6 Å². The van der Waals surface area contributed by atoms with Crippen LogP contribution < -0.4 is 5.32 Å². The number of benzene rings is 1. The summed E-state index contributed by atoms with van der Waals surface area (Å²) >= 11 is 0. The number of carbonyl (C=O) groups is 1. The number of H-pyrrole nitrogens is 1. The zero-order valence-electron chi connectivity index (χ0n) is 19.2. The van der Waals surface area contributed by atoms with Gasteiger partial charge in [-0.2, -0.15) is 0 Å². The molecule has 4 rings (SSSR count). The monoisotopic (exact) mass is 406 g/mol. The predicted molar refractivity (Wildman–Crippen MR) is 128 cm³/mol. The van der Waals surface area contributed by atoms with Gasteiger partial charge >= 0.3 is 0 Å². The van der Waals surface area contributed by atoms with Crippen molar-refractivity contribution in [2.45, 2.75) is 47.1 Å². The third kappa shape index (κ3) is 4.46. The van der Waals surface area contributed by atoms with E-state index in [4.69, 9.17) is 0 Å². The molecule has 5 nitrogen and oxygen atoms in total. The number of ketones is 1. The Morgan fingerprint density at radius 3 is 2.53 bits per heavy atom. The SMILES string of the molecule is CC.CC.CNC(Cc1c[nH]c2c(-c3cn(C)c4cnccc34)cccc12)C(C)=O. The number of likely N-dealkylation sites (N-methyl/N-ethyl adjacent to an activating group) is 1. The number of nitrogens with zero attached hydrogens (tertiary/aromatic N) is 2. The predicted octanol–water partition coefficient (Wildman–Crippen LogP) is 5.49. The van der Waals surface area contributed by atoms with Gasteiger partial charge in [-0.15, -0.1) is 0 Å². The Bertz CT molecular complexity index is 1110. The molecule has 0 spiro atoms. The average Bonchev–Trinajstić information content (AvgIpc) is 3.36. The maximum Gasteiger partial charge on any atom is 0.147 e. The van der Waals surface area contributed by atoms with Crippen molar-refractivity contribution in [1.82, 2.24) is 19.9 Å². The standard InChI is InChI=1S/C21H22N4O.2C2H6/c1-13(26)19(22-2)9-14-10-24-21-15(14)5-4-6-17(21)18-12-25(3)20-11-23-8-7-16(18)20;2*1-2/h4-8,10-12,19,22,24H,9H2,1-3H3;2*1-2H3. The summed E-state index contributed by atoms with van der Waals surface area (Å²) < 4.78 is 2.10. The molecule has 0 aliphatic carbocycles. The van der Waals surface area contributed by atoms with Gasteiger partial charge in [0.2, 0.25) is 0 Å². The van der Waals surface area contributed by atoms with Gasteiger partial charge in [-0.25, -0.2) is 0 Å². The fourth-order valence-electron chi connectivity index (χ4n) is 3.72. The van der Waals surface area contributed by atoms with Gasteiger partial charge in [-0.3, -0.25) is 9.78 Å². The minimum atomic E-state index is -0.165. The van der Waals surface area contributed by atoms with E-state index in [1.54, 1.807) is 6.92 Å². The Morgan fingerprint density at radius 2 is 1.87 bits per heavy atom. The highest BCUT2D eigenvalue weighted by Crippen LogP contribution is 2.35. The lowest BCUT2D eigenvalue weighted by Gasteiger charge is -2.11. The molecule has 5 heteroatoms. The number of Topliss-reactive ketones (excluding diaryl/α,β-unsaturated/α-hetero) is 1. The largest absolute Gasteiger partial charge is 0.360 e. The lowest BCUT2D eigenvalue weighted by atomic mass is 9.98. The molecular weight excluding hydrogens is 372 g/mol. The van der Waals surface area contributed by atoms with E-state index in [9.17, 15) is 4.79 Å². The molecule has 1 atom stereocenters. The van der Waals surface area contributed by atoms with Crippen LogP contribution in [0.1, 0.15) is 40.2 Å². The molecule has 4 aromatic rings. The van der Waals surface area contributed by atoms with Gasteiger partial charge in [0.1, 0.15) is 5.78 Å². The fourth-order valence-corrected chi connectivity index (χ4v) is 3.72. The van der Waals surface area contributed by atoms with Crippen LogP contribution in [0.4, 0.5) is 0 Å². The van der Waals surface area contributed by atoms with E-state index in [2.05, 4.69) is 50.3 Å². The van der Waals surface area contributed by atoms with Crippen LogP contribution in [0.3, 0.4) is 0 Å². The Balaban J connectivity index is 0.000000757. The molecule has 0 saturated carbocycles. The summed E-state index contributed by atoms with van der Waals surface area (Å²) in [7, 11) is 3.87. The van der Waals surface area contributed by atoms with Crippen molar-refractivity contribution in [1.29, 1.82) is 0 Å². The molecule has 3 heterocycles. The van der Waals surface area contributed by atoms with Crippen LogP contribution in [-0.2, 0) is 18.3 Å². The molecule has 160 valence electrons. The lowest BCUT2D eigenvalue weighted by Crippen LogP contribution is -2.34. The minimum Gasteiger partial charge on any atom is -0.360 e. The number of pyridine rings is 1. The van der Waals surface area contributed by atoms with Crippen LogP contribution in [0.5, 0.6) is 0 Å². The molecule has 2 N–H and O–H groups in total. The van der Waals surface area contributed by atoms with Gasteiger partial charge in [0.05, 0.1) is 23.3 Å². The Hall–Kier alpha value is -2.92. The van der Waals surface area contributed by atoms with Gasteiger partial charge < -0.3 is 14.9 Å². The molecule has 0 aliphatic heterocycles. The van der Waals surface area contributed by atoms with Crippen molar-refractivity contribution in [2.75, 3.05) is 7.05 Å². The molecule has 30 heavy (non-hydrogen) atoms. The van der Waals surface area contributed by atoms with E-state index in [-0.39, 0.29) is 11.8 Å². The number of aromatic amines is 1. The Labute approximate surface area is 179 Å². The zero-order chi connectivity index (χ0) is 22.3. The number of nitrogens with one attached hydrogen (secondary N) is 2. The van der Waals surface area contributed by atoms with Gasteiger partial charge in [0.25, 0.3) is 0 Å². The summed E-state index contributed by atoms with van der Waals surface area (Å²) in [4.78, 5) is 19.5. The fraction of sp³-hybridized carbons (Fsp3) is 0.360. The Morgan fingerprint density at radius 1 is 1.13 bits per heavy atom. The molecule has 0 fully saturated rings. The first-order valence-corrected chi connectivity index (χ1v) is 10.8. The molecule has 0 radical (unpaired) electrons. The van der Waals surface area contributed by atoms with Crippen LogP contribution >= 0.6 is 0 Å². The molecular formula is C25H34N4O. The number of hydrogen-bond donors (Lipinski definition) is 2. The van der Waals surface area contributed by atoms with Crippen molar-refractivity contribution >= 4 is 27.6 Å². The van der Waals surface area contributed by atoms with Gasteiger partial charge in [-0.1, -0.05) is 45.9 Å². The first kappa shape index (κ1) is 23.4. The van der Waals surface area contributed by atoms with E-state index >= 15 is 0 Å². The summed E-state index contributed by atoms with van der Waals surface area (Å²) in [6.07, 6.45) is 8.57. The molecule has 3 aromatic heterocycles. The number of fused-ring (bicyclic) bond motifs is 2. The molecule has 1 unspecified atom stereocenters. The van der Waals surface area contributed by atoms with Gasteiger partial charge in [0.15, 0.2) is 0 Å². The maximum absolute atomic E-state index is 11.8. The highest BCUT2D eigenvalue weighted by atomic mass is 16.1. The highest BCUT2D eigenvalue weighted by Gasteiger charge is 2.17. The van der Waals surface area contributed by atoms with Crippen molar-refractivity contribution in [2.24, 2.45) is 7.05 Å². The van der Waals surface area contributed by atoms with Crippen molar-refractivity contribution in [3.63, 3.8) is 0 Å². The average molecular weight is 407 g/mol. The van der Waals surface area contributed by atoms with Crippen LogP contribution in [0.15, 0.2) is 49.1 Å². The molecule has 0 amide bonds. The number of para-hydroxylation sites is 1. The number of carbonyl (C=O) groups excluding carboxylic acids is 1. The number of hydrogen-bond acceptors (Lipinski definition) is 3. The summed E-state index contributed by atoms with van der Waals surface area (Å²) in [6.45, 7) is 9.63. The summed E-state index contributed by atoms with van der Waals surface area (Å²) in [6, 6.07) is 8.22. The highest BCUT2D eigenvalue weighted by molar-refractivity contribution is 6.04. The second kappa shape index (κ2) is 10.7. The normalized spacial score (nSPS) is 11.4. The smallest absolute Gasteiger partial charge is 0.147 e. The third-order valence-corrected chi connectivity index (χ3v) is 5.15. The van der Waals surface area contributed by atoms with Gasteiger partial charge in [-0.05, 0) is 32.0 Å². The topological polar surface area (TPSA) is 62.7 Å². The molecule has 0 bridgehead atoms. The Kier molecular flexibility index (Phi) is 8.36.